The number of fused-ring (bicyclic) bond motifs is 1. The number of hydrogen-bond donors (Lipinski definition) is 1. The first-order chi connectivity index (χ1) is 4.86. The zero-order valence-electron chi connectivity index (χ0n) is 5.31. The van der Waals surface area contributed by atoms with Crippen molar-refractivity contribution in [3.8, 4) is 0 Å². The molecule has 2 aliphatic rings. The predicted octanol–water partition coefficient (Wildman–Crippen LogP) is -0.696. The van der Waals surface area contributed by atoms with E-state index in [1.807, 2.05) is 6.20 Å². The number of nitrogens with zero attached hydrogens (tertiary/aromatic N) is 4. The summed E-state index contributed by atoms with van der Waals surface area (Å²) in [5.41, 5.74) is 5.43. The number of hydrazine groups is 1. The fourth-order valence-electron chi connectivity index (χ4n) is 0.844. The summed E-state index contributed by atoms with van der Waals surface area (Å²) in [6.07, 6.45) is 5.25. The third-order valence-corrected chi connectivity index (χ3v) is 1.30. The quantitative estimate of drug-likeness (QED) is 0.480. The van der Waals surface area contributed by atoms with E-state index in [1.165, 1.54) is 0 Å². The summed E-state index contributed by atoms with van der Waals surface area (Å²) in [6, 6.07) is 0. The molecule has 0 saturated carbocycles. The van der Waals surface area contributed by atoms with Crippen LogP contribution in [0.25, 0.3) is 0 Å². The second kappa shape index (κ2) is 1.73. The Morgan fingerprint density at radius 1 is 1.60 bits per heavy atom. The van der Waals surface area contributed by atoms with Crippen LogP contribution in [0.2, 0.25) is 0 Å². The molecule has 0 radical (unpaired) electrons. The molecule has 0 saturated heterocycles. The van der Waals surface area contributed by atoms with Gasteiger partial charge in [-0.3, -0.25) is 0 Å². The lowest BCUT2D eigenvalue weighted by Gasteiger charge is -2.23. The molecule has 0 amide bonds. The Morgan fingerprint density at radius 3 is 3.40 bits per heavy atom. The van der Waals surface area contributed by atoms with E-state index in [0.717, 1.165) is 0 Å². The molecule has 0 aliphatic carbocycles. The van der Waals surface area contributed by atoms with Crippen molar-refractivity contribution in [2.45, 2.75) is 0 Å². The molecule has 0 bridgehead atoms. The largest absolute Gasteiger partial charge is 0.382 e. The number of amidine groups is 1. The zero-order chi connectivity index (χ0) is 6.97. The summed E-state index contributed by atoms with van der Waals surface area (Å²) in [5, 5.41) is 7.44. The molecule has 0 aromatic heterocycles. The minimum absolute atomic E-state index is 0.516. The van der Waals surface area contributed by atoms with Crippen LogP contribution in [0.3, 0.4) is 0 Å². The summed E-state index contributed by atoms with van der Waals surface area (Å²) in [7, 11) is 0. The molecule has 2 N–H and O–H groups in total. The summed E-state index contributed by atoms with van der Waals surface area (Å²) in [4.78, 5) is 3.98. The smallest absolute Gasteiger partial charge is 0.151 e. The molecular weight excluding hydrogens is 130 g/mol. The number of hydrazone groups is 1. The van der Waals surface area contributed by atoms with Crippen molar-refractivity contribution >= 4 is 12.2 Å². The highest BCUT2D eigenvalue weighted by Crippen LogP contribution is 2.07. The molecule has 0 unspecified atom stereocenters. The van der Waals surface area contributed by atoms with E-state index in [-0.39, 0.29) is 0 Å². The van der Waals surface area contributed by atoms with Crippen LogP contribution in [0.15, 0.2) is 22.4 Å². The highest BCUT2D eigenvalue weighted by atomic mass is 15.8. The second-order valence-corrected chi connectivity index (χ2v) is 2.03. The van der Waals surface area contributed by atoms with Crippen molar-refractivity contribution in [3.63, 3.8) is 0 Å². The van der Waals surface area contributed by atoms with Gasteiger partial charge in [-0.1, -0.05) is 0 Å². The first-order valence-corrected chi connectivity index (χ1v) is 2.94. The molecule has 0 atom stereocenters. The van der Waals surface area contributed by atoms with Crippen LogP contribution in [0.1, 0.15) is 0 Å². The van der Waals surface area contributed by atoms with Crippen LogP contribution >= 0.6 is 0 Å². The van der Waals surface area contributed by atoms with Gasteiger partial charge in [0.1, 0.15) is 12.2 Å². The SMILES string of the molecule is NC1=NN2CN=CN2C=C1. The van der Waals surface area contributed by atoms with E-state index in [1.54, 1.807) is 22.5 Å². The van der Waals surface area contributed by atoms with Gasteiger partial charge in [-0.2, -0.15) is 5.12 Å². The van der Waals surface area contributed by atoms with E-state index >= 15 is 0 Å². The summed E-state index contributed by atoms with van der Waals surface area (Å²) in [5.74, 6) is 0.516. The minimum atomic E-state index is 0.516. The highest BCUT2D eigenvalue weighted by molar-refractivity contribution is 5.92. The molecule has 52 valence electrons. The van der Waals surface area contributed by atoms with E-state index in [0.29, 0.717) is 12.5 Å². The number of rotatable bonds is 0. The second-order valence-electron chi connectivity index (χ2n) is 2.03. The molecule has 2 rings (SSSR count). The highest BCUT2D eigenvalue weighted by Gasteiger charge is 2.15. The van der Waals surface area contributed by atoms with E-state index < -0.39 is 0 Å². The maximum atomic E-state index is 5.43. The topological polar surface area (TPSA) is 57.2 Å². The molecule has 0 fully saturated rings. The van der Waals surface area contributed by atoms with Gasteiger partial charge >= 0.3 is 0 Å². The van der Waals surface area contributed by atoms with Crippen LogP contribution in [-0.4, -0.2) is 29.0 Å². The lowest BCUT2D eigenvalue weighted by molar-refractivity contribution is 0.124. The van der Waals surface area contributed by atoms with Crippen molar-refractivity contribution in [1.29, 1.82) is 0 Å². The van der Waals surface area contributed by atoms with E-state index in [4.69, 9.17) is 5.73 Å². The molecule has 5 nitrogen and oxygen atoms in total. The maximum absolute atomic E-state index is 5.43. The Balaban J connectivity index is 2.25. The van der Waals surface area contributed by atoms with Crippen LogP contribution in [0, 0.1) is 0 Å². The minimum Gasteiger partial charge on any atom is -0.382 e. The van der Waals surface area contributed by atoms with Crippen molar-refractivity contribution < 1.29 is 0 Å². The summed E-state index contributed by atoms with van der Waals surface area (Å²) < 4.78 is 0. The van der Waals surface area contributed by atoms with Gasteiger partial charge in [0, 0.05) is 12.3 Å². The molecule has 0 spiro atoms. The van der Waals surface area contributed by atoms with Gasteiger partial charge in [0.15, 0.2) is 6.67 Å². The number of hydrogen-bond acceptors (Lipinski definition) is 5. The van der Waals surface area contributed by atoms with Crippen molar-refractivity contribution in [1.82, 2.24) is 10.1 Å². The van der Waals surface area contributed by atoms with Gasteiger partial charge < -0.3 is 5.73 Å². The van der Waals surface area contributed by atoms with Crippen LogP contribution < -0.4 is 5.73 Å². The van der Waals surface area contributed by atoms with Gasteiger partial charge in [0.25, 0.3) is 0 Å². The Morgan fingerprint density at radius 2 is 2.50 bits per heavy atom. The molecular formula is C5H7N5. The van der Waals surface area contributed by atoms with Crippen molar-refractivity contribution in [2.24, 2.45) is 15.8 Å². The average molecular weight is 137 g/mol. The fraction of sp³-hybridized carbons (Fsp3) is 0.200. The van der Waals surface area contributed by atoms with Crippen molar-refractivity contribution in [2.75, 3.05) is 6.67 Å². The third kappa shape index (κ3) is 0.637. The number of nitrogens with two attached hydrogens (primary N) is 1. The van der Waals surface area contributed by atoms with Gasteiger partial charge in [-0.25, -0.2) is 10.0 Å². The van der Waals surface area contributed by atoms with E-state index in [9.17, 15) is 0 Å². The van der Waals surface area contributed by atoms with Crippen LogP contribution in [-0.2, 0) is 0 Å². The molecule has 2 aliphatic heterocycles. The van der Waals surface area contributed by atoms with Gasteiger partial charge in [-0.15, -0.1) is 5.10 Å². The first kappa shape index (κ1) is 5.28. The Hall–Kier alpha value is -1.52. The third-order valence-electron chi connectivity index (χ3n) is 1.30. The Labute approximate surface area is 58.1 Å². The molecule has 2 heterocycles. The van der Waals surface area contributed by atoms with Crippen LogP contribution in [0.5, 0.6) is 0 Å². The van der Waals surface area contributed by atoms with Gasteiger partial charge in [0.05, 0.1) is 0 Å². The molecule has 0 aromatic rings. The average Bonchev–Trinajstić information content (AvgIpc) is 2.33. The normalized spacial score (nSPS) is 21.4. The lowest BCUT2D eigenvalue weighted by atomic mass is 10.5. The monoisotopic (exact) mass is 137 g/mol. The van der Waals surface area contributed by atoms with Crippen LogP contribution in [0.4, 0.5) is 0 Å². The van der Waals surface area contributed by atoms with E-state index in [2.05, 4.69) is 10.1 Å². The van der Waals surface area contributed by atoms with Gasteiger partial charge in [0.2, 0.25) is 0 Å². The summed E-state index contributed by atoms with van der Waals surface area (Å²) in [6.45, 7) is 0.561. The Bertz CT molecular complexity index is 228. The standard InChI is InChI=1S/C5H7N5/c6-5-1-2-9-3-7-4-10(9)8-5/h1-3H,4H2,(H2,6,8). The predicted molar refractivity (Wildman–Crippen MR) is 37.8 cm³/mol. The molecule has 5 heteroatoms. The Kier molecular flexibility index (Phi) is 0.913. The number of aliphatic imine (C=N–C) groups is 1. The lowest BCUT2D eigenvalue weighted by Crippen LogP contribution is -2.34. The van der Waals surface area contributed by atoms with Crippen molar-refractivity contribution in [3.05, 3.63) is 12.3 Å². The fourth-order valence-corrected chi connectivity index (χ4v) is 0.844. The van der Waals surface area contributed by atoms with Gasteiger partial charge in [-0.05, 0) is 0 Å². The molecule has 0 aromatic carbocycles. The maximum Gasteiger partial charge on any atom is 0.151 e. The zero-order valence-corrected chi connectivity index (χ0v) is 5.31. The molecule has 10 heavy (non-hydrogen) atoms. The summed E-state index contributed by atoms with van der Waals surface area (Å²) >= 11 is 0. The first-order valence-electron chi connectivity index (χ1n) is 2.94.